The Kier molecular flexibility index (Phi) is 4.98. The first-order valence-corrected chi connectivity index (χ1v) is 6.67. The van der Waals surface area contributed by atoms with Crippen LogP contribution in [0.2, 0.25) is 0 Å². The van der Waals surface area contributed by atoms with Crippen LogP contribution < -0.4 is 20.7 Å². The minimum absolute atomic E-state index is 0.218. The summed E-state index contributed by atoms with van der Waals surface area (Å²) in [5, 5.41) is 8.06. The Labute approximate surface area is 128 Å². The molecule has 0 aliphatic carbocycles. The lowest BCUT2D eigenvalue weighted by Gasteiger charge is -2.12. The van der Waals surface area contributed by atoms with Crippen molar-refractivity contribution in [2.45, 2.75) is 6.92 Å². The van der Waals surface area contributed by atoms with Gasteiger partial charge in [-0.05, 0) is 30.3 Å². The van der Waals surface area contributed by atoms with Crippen molar-refractivity contribution in [3.63, 3.8) is 0 Å². The van der Waals surface area contributed by atoms with Gasteiger partial charge in [0.05, 0.1) is 12.8 Å². The maximum absolute atomic E-state index is 11.9. The van der Waals surface area contributed by atoms with Crippen LogP contribution in [0.25, 0.3) is 0 Å². The fraction of sp³-hybridized carbons (Fsp3) is 0.125. The molecular weight excluding hydrogens is 282 g/mol. The Bertz CT molecular complexity index is 672. The lowest BCUT2D eigenvalue weighted by Crippen LogP contribution is -2.19. The number of hydrogen-bond donors (Lipinski definition) is 3. The summed E-state index contributed by atoms with van der Waals surface area (Å²) in [6, 6.07) is 13.7. The predicted molar refractivity (Wildman–Crippen MR) is 86.4 cm³/mol. The number of ether oxygens (including phenoxy) is 1. The van der Waals surface area contributed by atoms with Gasteiger partial charge in [0.1, 0.15) is 5.75 Å². The summed E-state index contributed by atoms with van der Waals surface area (Å²) in [7, 11) is 1.51. The first-order chi connectivity index (χ1) is 10.6. The molecule has 0 aliphatic rings. The zero-order valence-electron chi connectivity index (χ0n) is 12.3. The average Bonchev–Trinajstić information content (AvgIpc) is 2.48. The Morgan fingerprint density at radius 1 is 0.909 bits per heavy atom. The van der Waals surface area contributed by atoms with Crippen LogP contribution in [-0.2, 0) is 4.79 Å². The fourth-order valence-corrected chi connectivity index (χ4v) is 1.89. The highest BCUT2D eigenvalue weighted by molar-refractivity contribution is 6.00. The second kappa shape index (κ2) is 7.12. The summed E-state index contributed by atoms with van der Waals surface area (Å²) < 4.78 is 5.16. The number of nitrogens with one attached hydrogen (secondary N) is 3. The molecule has 114 valence electrons. The predicted octanol–water partition coefficient (Wildman–Crippen LogP) is 3.30. The monoisotopic (exact) mass is 299 g/mol. The molecule has 6 nitrogen and oxygen atoms in total. The van der Waals surface area contributed by atoms with Gasteiger partial charge in [-0.25, -0.2) is 4.79 Å². The number of anilines is 3. The highest BCUT2D eigenvalue weighted by Gasteiger charge is 2.08. The van der Waals surface area contributed by atoms with Crippen LogP contribution >= 0.6 is 0 Å². The van der Waals surface area contributed by atoms with Crippen molar-refractivity contribution in [3.8, 4) is 5.75 Å². The summed E-state index contributed by atoms with van der Waals surface area (Å²) in [5.74, 6) is 0.299. The number of amides is 3. The molecule has 0 saturated carbocycles. The van der Waals surface area contributed by atoms with Gasteiger partial charge in [0.2, 0.25) is 5.91 Å². The van der Waals surface area contributed by atoms with Crippen LogP contribution in [-0.4, -0.2) is 19.0 Å². The van der Waals surface area contributed by atoms with Gasteiger partial charge >= 0.3 is 6.03 Å². The van der Waals surface area contributed by atoms with Crippen LogP contribution in [0.1, 0.15) is 6.92 Å². The normalized spacial score (nSPS) is 9.73. The van der Waals surface area contributed by atoms with Gasteiger partial charge in [-0.1, -0.05) is 18.2 Å². The molecular formula is C16H17N3O3. The van der Waals surface area contributed by atoms with Crippen molar-refractivity contribution in [2.75, 3.05) is 23.1 Å². The highest BCUT2D eigenvalue weighted by atomic mass is 16.5. The number of hydrogen-bond acceptors (Lipinski definition) is 3. The lowest BCUT2D eigenvalue weighted by molar-refractivity contribution is -0.114. The molecule has 0 unspecified atom stereocenters. The molecule has 0 aromatic heterocycles. The lowest BCUT2D eigenvalue weighted by atomic mass is 10.2. The molecule has 6 heteroatoms. The van der Waals surface area contributed by atoms with E-state index < -0.39 is 0 Å². The zero-order chi connectivity index (χ0) is 15.9. The highest BCUT2D eigenvalue weighted by Crippen LogP contribution is 2.27. The quantitative estimate of drug-likeness (QED) is 0.810. The van der Waals surface area contributed by atoms with Gasteiger partial charge in [-0.3, -0.25) is 4.79 Å². The van der Waals surface area contributed by atoms with Crippen LogP contribution in [0.15, 0.2) is 48.5 Å². The Hall–Kier alpha value is -3.02. The molecule has 0 aliphatic heterocycles. The van der Waals surface area contributed by atoms with Crippen LogP contribution in [0.5, 0.6) is 5.75 Å². The van der Waals surface area contributed by atoms with Gasteiger partial charge < -0.3 is 20.7 Å². The third-order valence-corrected chi connectivity index (χ3v) is 2.80. The number of para-hydroxylation sites is 1. The first kappa shape index (κ1) is 15.4. The molecule has 2 aromatic carbocycles. The van der Waals surface area contributed by atoms with Gasteiger partial charge in [0.15, 0.2) is 0 Å². The number of carbonyl (C=O) groups excluding carboxylic acids is 2. The maximum Gasteiger partial charge on any atom is 0.323 e. The van der Waals surface area contributed by atoms with E-state index in [0.29, 0.717) is 22.8 Å². The molecule has 0 radical (unpaired) electrons. The second-order valence-electron chi connectivity index (χ2n) is 4.54. The summed E-state index contributed by atoms with van der Waals surface area (Å²) >= 11 is 0. The molecule has 0 atom stereocenters. The molecule has 22 heavy (non-hydrogen) atoms. The second-order valence-corrected chi connectivity index (χ2v) is 4.54. The molecule has 2 rings (SSSR count). The SMILES string of the molecule is COc1ccc(NC(=O)Nc2ccccc2)cc1NC(C)=O. The number of urea groups is 1. The molecule has 3 N–H and O–H groups in total. The van der Waals surface area contributed by atoms with E-state index in [0.717, 1.165) is 0 Å². The van der Waals surface area contributed by atoms with E-state index >= 15 is 0 Å². The molecule has 0 heterocycles. The summed E-state index contributed by atoms with van der Waals surface area (Å²) in [6.07, 6.45) is 0. The van der Waals surface area contributed by atoms with Crippen molar-refractivity contribution >= 4 is 29.0 Å². The minimum Gasteiger partial charge on any atom is -0.495 e. The van der Waals surface area contributed by atoms with E-state index in [1.807, 2.05) is 18.2 Å². The average molecular weight is 299 g/mol. The van der Waals surface area contributed by atoms with Crippen molar-refractivity contribution in [1.82, 2.24) is 0 Å². The molecule has 0 spiro atoms. The maximum atomic E-state index is 11.9. The van der Waals surface area contributed by atoms with E-state index in [9.17, 15) is 9.59 Å². The molecule has 0 saturated heterocycles. The summed E-state index contributed by atoms with van der Waals surface area (Å²) in [5.41, 5.74) is 1.72. The summed E-state index contributed by atoms with van der Waals surface area (Å²) in [4.78, 5) is 23.1. The van der Waals surface area contributed by atoms with E-state index in [-0.39, 0.29) is 11.9 Å². The third kappa shape index (κ3) is 4.24. The van der Waals surface area contributed by atoms with E-state index in [4.69, 9.17) is 4.74 Å². The van der Waals surface area contributed by atoms with Crippen LogP contribution in [0.3, 0.4) is 0 Å². The molecule has 0 bridgehead atoms. The van der Waals surface area contributed by atoms with Crippen LogP contribution in [0, 0.1) is 0 Å². The Balaban J connectivity index is 2.09. The Morgan fingerprint density at radius 3 is 2.23 bits per heavy atom. The van der Waals surface area contributed by atoms with Crippen LogP contribution in [0.4, 0.5) is 21.9 Å². The first-order valence-electron chi connectivity index (χ1n) is 6.67. The number of benzene rings is 2. The van der Waals surface area contributed by atoms with Gasteiger partial charge in [0, 0.05) is 18.3 Å². The van der Waals surface area contributed by atoms with E-state index in [1.165, 1.54) is 14.0 Å². The van der Waals surface area contributed by atoms with Gasteiger partial charge in [-0.2, -0.15) is 0 Å². The van der Waals surface area contributed by atoms with Crippen molar-refractivity contribution in [2.24, 2.45) is 0 Å². The largest absolute Gasteiger partial charge is 0.495 e. The van der Waals surface area contributed by atoms with Crippen molar-refractivity contribution in [3.05, 3.63) is 48.5 Å². The smallest absolute Gasteiger partial charge is 0.323 e. The Morgan fingerprint density at radius 2 is 1.59 bits per heavy atom. The fourth-order valence-electron chi connectivity index (χ4n) is 1.89. The summed E-state index contributed by atoms with van der Waals surface area (Å²) in [6.45, 7) is 1.40. The molecule has 0 fully saturated rings. The molecule has 2 aromatic rings. The van der Waals surface area contributed by atoms with Crippen molar-refractivity contribution in [1.29, 1.82) is 0 Å². The van der Waals surface area contributed by atoms with E-state index in [2.05, 4.69) is 16.0 Å². The number of carbonyl (C=O) groups is 2. The number of methoxy groups -OCH3 is 1. The van der Waals surface area contributed by atoms with Gasteiger partial charge in [-0.15, -0.1) is 0 Å². The standard InChI is InChI=1S/C16H17N3O3/c1-11(20)17-14-10-13(8-9-15(14)22-2)19-16(21)18-12-6-4-3-5-7-12/h3-10H,1-2H3,(H,17,20)(H2,18,19,21). The topological polar surface area (TPSA) is 79.5 Å². The minimum atomic E-state index is -0.370. The number of rotatable bonds is 4. The van der Waals surface area contributed by atoms with Crippen molar-refractivity contribution < 1.29 is 14.3 Å². The van der Waals surface area contributed by atoms with Gasteiger partial charge in [0.25, 0.3) is 0 Å². The third-order valence-electron chi connectivity index (χ3n) is 2.80. The zero-order valence-corrected chi connectivity index (χ0v) is 12.3. The molecule has 3 amide bonds. The van der Waals surface area contributed by atoms with E-state index in [1.54, 1.807) is 30.3 Å².